The molecule has 0 bridgehead atoms. The second kappa shape index (κ2) is 4.30. The van der Waals surface area contributed by atoms with Crippen molar-refractivity contribution in [1.82, 2.24) is 5.32 Å². The van der Waals surface area contributed by atoms with Crippen LogP contribution < -0.4 is 5.32 Å². The SMILES string of the molecule is CCC1CCC2(CC1)NCC(C)(C)C(C)O2. The third-order valence-electron chi connectivity index (χ3n) is 4.86. The van der Waals surface area contributed by atoms with Crippen molar-refractivity contribution < 1.29 is 4.74 Å². The summed E-state index contributed by atoms with van der Waals surface area (Å²) in [5.74, 6) is 0.932. The average Bonchev–Trinajstić information content (AvgIpc) is 2.26. The van der Waals surface area contributed by atoms with E-state index in [9.17, 15) is 0 Å². The lowest BCUT2D eigenvalue weighted by Gasteiger charge is -2.51. The Balaban J connectivity index is 1.96. The highest BCUT2D eigenvalue weighted by atomic mass is 16.5. The Morgan fingerprint density at radius 1 is 1.25 bits per heavy atom. The van der Waals surface area contributed by atoms with Gasteiger partial charge in [0.1, 0.15) is 5.72 Å². The molecule has 16 heavy (non-hydrogen) atoms. The van der Waals surface area contributed by atoms with Gasteiger partial charge in [0.2, 0.25) is 0 Å². The minimum atomic E-state index is 0.0145. The topological polar surface area (TPSA) is 21.3 Å². The Morgan fingerprint density at radius 3 is 2.38 bits per heavy atom. The number of rotatable bonds is 1. The minimum absolute atomic E-state index is 0.0145. The Morgan fingerprint density at radius 2 is 1.88 bits per heavy atom. The minimum Gasteiger partial charge on any atom is -0.357 e. The third-order valence-corrected chi connectivity index (χ3v) is 4.86. The summed E-state index contributed by atoms with van der Waals surface area (Å²) in [4.78, 5) is 0. The molecule has 1 saturated heterocycles. The summed E-state index contributed by atoms with van der Waals surface area (Å²) < 4.78 is 6.31. The van der Waals surface area contributed by atoms with Gasteiger partial charge in [-0.15, -0.1) is 0 Å². The van der Waals surface area contributed by atoms with E-state index in [4.69, 9.17) is 4.74 Å². The van der Waals surface area contributed by atoms with Crippen LogP contribution in [0.15, 0.2) is 0 Å². The molecule has 1 atom stereocenters. The normalized spacial score (nSPS) is 43.5. The fourth-order valence-electron chi connectivity index (χ4n) is 2.92. The predicted octanol–water partition coefficient (Wildman–Crippen LogP) is 3.32. The largest absolute Gasteiger partial charge is 0.357 e. The lowest BCUT2D eigenvalue weighted by Crippen LogP contribution is -2.61. The molecular weight excluding hydrogens is 198 g/mol. The Hall–Kier alpha value is -0.0800. The van der Waals surface area contributed by atoms with Crippen LogP contribution >= 0.6 is 0 Å². The maximum atomic E-state index is 6.31. The van der Waals surface area contributed by atoms with Crippen LogP contribution in [0.25, 0.3) is 0 Å². The van der Waals surface area contributed by atoms with Crippen molar-refractivity contribution in [3.63, 3.8) is 0 Å². The maximum absolute atomic E-state index is 6.31. The van der Waals surface area contributed by atoms with Gasteiger partial charge < -0.3 is 4.74 Å². The van der Waals surface area contributed by atoms with E-state index < -0.39 is 0 Å². The molecule has 0 aromatic carbocycles. The number of ether oxygens (including phenoxy) is 1. The molecule has 0 amide bonds. The van der Waals surface area contributed by atoms with Gasteiger partial charge in [-0.1, -0.05) is 27.2 Å². The van der Waals surface area contributed by atoms with E-state index in [1.165, 1.54) is 32.1 Å². The predicted molar refractivity (Wildman–Crippen MR) is 67.3 cm³/mol. The fourth-order valence-corrected chi connectivity index (χ4v) is 2.92. The molecule has 1 aliphatic heterocycles. The molecule has 0 aromatic rings. The van der Waals surface area contributed by atoms with E-state index in [1.807, 2.05) is 0 Å². The molecule has 0 radical (unpaired) electrons. The van der Waals surface area contributed by atoms with E-state index in [1.54, 1.807) is 0 Å². The molecule has 2 fully saturated rings. The van der Waals surface area contributed by atoms with Crippen LogP contribution in [-0.4, -0.2) is 18.4 Å². The van der Waals surface area contributed by atoms with Crippen LogP contribution in [-0.2, 0) is 4.74 Å². The quantitative estimate of drug-likeness (QED) is 0.739. The van der Waals surface area contributed by atoms with Crippen molar-refractivity contribution in [2.75, 3.05) is 6.54 Å². The average molecular weight is 225 g/mol. The van der Waals surface area contributed by atoms with Crippen LogP contribution in [0.1, 0.15) is 59.8 Å². The van der Waals surface area contributed by atoms with Crippen molar-refractivity contribution in [2.24, 2.45) is 11.3 Å². The Bertz CT molecular complexity index is 241. The van der Waals surface area contributed by atoms with Gasteiger partial charge in [0.25, 0.3) is 0 Å². The van der Waals surface area contributed by atoms with E-state index in [2.05, 4.69) is 33.0 Å². The highest BCUT2D eigenvalue weighted by Gasteiger charge is 2.44. The molecule has 2 heteroatoms. The van der Waals surface area contributed by atoms with E-state index in [0.717, 1.165) is 12.5 Å². The smallest absolute Gasteiger partial charge is 0.119 e. The van der Waals surface area contributed by atoms with Crippen molar-refractivity contribution >= 4 is 0 Å². The summed E-state index contributed by atoms with van der Waals surface area (Å²) in [6.07, 6.45) is 6.76. The molecule has 1 spiro atoms. The molecule has 1 aliphatic carbocycles. The fraction of sp³-hybridized carbons (Fsp3) is 1.00. The summed E-state index contributed by atoms with van der Waals surface area (Å²) >= 11 is 0. The molecule has 2 aliphatic rings. The van der Waals surface area contributed by atoms with E-state index in [-0.39, 0.29) is 11.1 Å². The van der Waals surface area contributed by atoms with Crippen LogP contribution in [0.4, 0.5) is 0 Å². The summed E-state index contributed by atoms with van der Waals surface area (Å²) in [7, 11) is 0. The highest BCUT2D eigenvalue weighted by molar-refractivity contribution is 4.94. The monoisotopic (exact) mass is 225 g/mol. The zero-order chi connectivity index (χ0) is 11.8. The molecule has 1 unspecified atom stereocenters. The lowest BCUT2D eigenvalue weighted by atomic mass is 9.78. The van der Waals surface area contributed by atoms with Crippen molar-refractivity contribution in [3.05, 3.63) is 0 Å². The number of hydrogen-bond acceptors (Lipinski definition) is 2. The zero-order valence-electron chi connectivity index (χ0n) is 11.3. The van der Waals surface area contributed by atoms with Gasteiger partial charge in [-0.25, -0.2) is 0 Å². The summed E-state index contributed by atoms with van der Waals surface area (Å²) in [5, 5.41) is 3.68. The molecular formula is C14H27NO. The Kier molecular flexibility index (Phi) is 3.33. The molecule has 2 nitrogen and oxygen atoms in total. The first-order valence-corrected chi connectivity index (χ1v) is 6.90. The van der Waals surface area contributed by atoms with Crippen LogP contribution in [0.2, 0.25) is 0 Å². The van der Waals surface area contributed by atoms with E-state index in [0.29, 0.717) is 6.10 Å². The third kappa shape index (κ3) is 2.28. The van der Waals surface area contributed by atoms with Gasteiger partial charge >= 0.3 is 0 Å². The van der Waals surface area contributed by atoms with Gasteiger partial charge in [-0.3, -0.25) is 5.32 Å². The number of nitrogens with one attached hydrogen (secondary N) is 1. The lowest BCUT2D eigenvalue weighted by molar-refractivity contribution is -0.198. The van der Waals surface area contributed by atoms with Crippen LogP contribution in [0.3, 0.4) is 0 Å². The first kappa shape index (κ1) is 12.4. The number of hydrogen-bond donors (Lipinski definition) is 1. The highest BCUT2D eigenvalue weighted by Crippen LogP contribution is 2.40. The molecule has 0 aromatic heterocycles. The van der Waals surface area contributed by atoms with E-state index >= 15 is 0 Å². The summed E-state index contributed by atoms with van der Waals surface area (Å²) in [6.45, 7) is 10.2. The van der Waals surface area contributed by atoms with Crippen molar-refractivity contribution in [2.45, 2.75) is 71.6 Å². The molecule has 1 N–H and O–H groups in total. The van der Waals surface area contributed by atoms with Gasteiger partial charge in [-0.2, -0.15) is 0 Å². The molecule has 1 saturated carbocycles. The Labute approximate surface area is 100 Å². The standard InChI is InChI=1S/C14H27NO/c1-5-12-6-8-14(9-7-12)15-10-13(3,4)11(2)16-14/h11-12,15H,5-10H2,1-4H3. The molecule has 1 heterocycles. The van der Waals surface area contributed by atoms with Gasteiger partial charge in [0.15, 0.2) is 0 Å². The van der Waals surface area contributed by atoms with Gasteiger partial charge in [0.05, 0.1) is 6.10 Å². The summed E-state index contributed by atoms with van der Waals surface area (Å²) in [5.41, 5.74) is 0.285. The second-order valence-electron chi connectivity index (χ2n) is 6.45. The van der Waals surface area contributed by atoms with Crippen molar-refractivity contribution in [1.29, 1.82) is 0 Å². The van der Waals surface area contributed by atoms with Gasteiger partial charge in [0, 0.05) is 12.0 Å². The second-order valence-corrected chi connectivity index (χ2v) is 6.45. The maximum Gasteiger partial charge on any atom is 0.119 e. The van der Waals surface area contributed by atoms with Crippen LogP contribution in [0.5, 0.6) is 0 Å². The first-order valence-electron chi connectivity index (χ1n) is 6.90. The first-order chi connectivity index (χ1) is 7.47. The zero-order valence-corrected chi connectivity index (χ0v) is 11.3. The molecule has 2 rings (SSSR count). The summed E-state index contributed by atoms with van der Waals surface area (Å²) in [6, 6.07) is 0. The van der Waals surface area contributed by atoms with Crippen molar-refractivity contribution in [3.8, 4) is 0 Å². The van der Waals surface area contributed by atoms with Gasteiger partial charge in [-0.05, 0) is 38.5 Å². The molecule has 94 valence electrons. The van der Waals surface area contributed by atoms with Crippen LogP contribution in [0, 0.1) is 11.3 Å².